The van der Waals surface area contributed by atoms with E-state index in [9.17, 15) is 9.59 Å². The first-order chi connectivity index (χ1) is 14.5. The van der Waals surface area contributed by atoms with Crippen molar-refractivity contribution in [2.75, 3.05) is 11.9 Å². The van der Waals surface area contributed by atoms with Crippen LogP contribution in [0.15, 0.2) is 71.1 Å². The Morgan fingerprint density at radius 3 is 2.53 bits per heavy atom. The number of halogens is 2. The number of rotatable bonds is 5. The van der Waals surface area contributed by atoms with Crippen molar-refractivity contribution in [2.45, 2.75) is 0 Å². The van der Waals surface area contributed by atoms with Crippen LogP contribution in [0.3, 0.4) is 0 Å². The molecular weight excluding hydrogens is 427 g/mol. The van der Waals surface area contributed by atoms with Gasteiger partial charge in [-0.3, -0.25) is 4.79 Å². The second kappa shape index (κ2) is 8.57. The number of oxazole rings is 1. The van der Waals surface area contributed by atoms with Gasteiger partial charge in [-0.25, -0.2) is 9.78 Å². The molecule has 1 amide bonds. The maximum Gasteiger partial charge on any atom is 0.339 e. The summed E-state index contributed by atoms with van der Waals surface area (Å²) in [4.78, 5) is 29.1. The molecule has 0 saturated carbocycles. The minimum Gasteiger partial charge on any atom is -0.452 e. The minimum atomic E-state index is -0.669. The molecule has 4 aromatic rings. The second-order valence-corrected chi connectivity index (χ2v) is 7.10. The number of esters is 1. The largest absolute Gasteiger partial charge is 0.452 e. The molecule has 30 heavy (non-hydrogen) atoms. The lowest BCUT2D eigenvalue weighted by molar-refractivity contribution is -0.119. The van der Waals surface area contributed by atoms with Crippen molar-refractivity contribution in [3.63, 3.8) is 0 Å². The fourth-order valence-electron chi connectivity index (χ4n) is 2.81. The molecule has 0 fully saturated rings. The smallest absolute Gasteiger partial charge is 0.339 e. The Kier molecular flexibility index (Phi) is 5.70. The first-order valence-corrected chi connectivity index (χ1v) is 9.64. The van der Waals surface area contributed by atoms with Crippen molar-refractivity contribution in [1.82, 2.24) is 4.98 Å². The highest BCUT2D eigenvalue weighted by molar-refractivity contribution is 6.42. The molecule has 150 valence electrons. The minimum absolute atomic E-state index is 0.242. The van der Waals surface area contributed by atoms with Gasteiger partial charge >= 0.3 is 5.97 Å². The third kappa shape index (κ3) is 4.30. The number of ether oxygens (including phenoxy) is 1. The number of fused-ring (bicyclic) bond motifs is 1. The van der Waals surface area contributed by atoms with Crippen molar-refractivity contribution in [2.24, 2.45) is 0 Å². The van der Waals surface area contributed by atoms with Crippen LogP contribution in [0, 0.1) is 0 Å². The molecule has 0 saturated heterocycles. The lowest BCUT2D eigenvalue weighted by atomic mass is 10.1. The molecule has 0 atom stereocenters. The van der Waals surface area contributed by atoms with E-state index in [4.69, 9.17) is 32.4 Å². The highest BCUT2D eigenvalue weighted by Gasteiger charge is 2.19. The first-order valence-electron chi connectivity index (χ1n) is 8.88. The predicted octanol–water partition coefficient (Wildman–Crippen LogP) is 5.60. The van der Waals surface area contributed by atoms with Crippen LogP contribution in [0.2, 0.25) is 10.0 Å². The molecule has 1 aromatic heterocycles. The summed E-state index contributed by atoms with van der Waals surface area (Å²) < 4.78 is 10.9. The SMILES string of the molecule is O=C(COC(=O)c1ccccc1-c1nc2ccccc2o1)Nc1ccc(Cl)c(Cl)c1. The average molecular weight is 441 g/mol. The Balaban J connectivity index is 1.47. The predicted molar refractivity (Wildman–Crippen MR) is 115 cm³/mol. The molecule has 6 nitrogen and oxygen atoms in total. The molecule has 1 N–H and O–H groups in total. The van der Waals surface area contributed by atoms with Gasteiger partial charge in [0.05, 0.1) is 21.2 Å². The van der Waals surface area contributed by atoms with E-state index in [1.807, 2.05) is 18.2 Å². The van der Waals surface area contributed by atoms with Gasteiger partial charge in [0.25, 0.3) is 5.91 Å². The van der Waals surface area contributed by atoms with Gasteiger partial charge in [0.1, 0.15) is 5.52 Å². The summed E-state index contributed by atoms with van der Waals surface area (Å²) in [5.41, 5.74) is 2.45. The van der Waals surface area contributed by atoms with Crippen molar-refractivity contribution in [3.8, 4) is 11.5 Å². The van der Waals surface area contributed by atoms with Gasteiger partial charge < -0.3 is 14.5 Å². The molecule has 0 aliphatic carbocycles. The van der Waals surface area contributed by atoms with E-state index in [0.717, 1.165) is 0 Å². The van der Waals surface area contributed by atoms with E-state index in [2.05, 4.69) is 10.3 Å². The normalized spacial score (nSPS) is 10.7. The van der Waals surface area contributed by atoms with Crippen molar-refractivity contribution in [1.29, 1.82) is 0 Å². The Labute approximate surface area is 181 Å². The van der Waals surface area contributed by atoms with E-state index in [1.54, 1.807) is 42.5 Å². The third-order valence-electron chi connectivity index (χ3n) is 4.21. The fraction of sp³-hybridized carbons (Fsp3) is 0.0455. The van der Waals surface area contributed by atoms with Crippen molar-refractivity contribution >= 4 is 51.9 Å². The summed E-state index contributed by atoms with van der Waals surface area (Å²) in [6.45, 7) is -0.471. The van der Waals surface area contributed by atoms with Crippen LogP contribution in [0.5, 0.6) is 0 Å². The zero-order chi connectivity index (χ0) is 21.1. The summed E-state index contributed by atoms with van der Waals surface area (Å²) in [6, 6.07) is 18.7. The standard InChI is InChI=1S/C22H14Cl2N2O4/c23-16-10-9-13(11-17(16)24)25-20(27)12-29-22(28)15-6-2-1-5-14(15)21-26-18-7-3-4-8-19(18)30-21/h1-11H,12H2,(H,25,27). The highest BCUT2D eigenvalue weighted by Crippen LogP contribution is 2.28. The van der Waals surface area contributed by atoms with Gasteiger partial charge in [-0.1, -0.05) is 47.5 Å². The number of hydrogen-bond donors (Lipinski definition) is 1. The molecule has 4 rings (SSSR count). The maximum absolute atomic E-state index is 12.6. The van der Waals surface area contributed by atoms with E-state index >= 15 is 0 Å². The average Bonchev–Trinajstić information content (AvgIpc) is 3.19. The van der Waals surface area contributed by atoms with Crippen molar-refractivity contribution < 1.29 is 18.7 Å². The van der Waals surface area contributed by atoms with Gasteiger partial charge in [0.15, 0.2) is 12.2 Å². The van der Waals surface area contributed by atoms with Crippen LogP contribution >= 0.6 is 23.2 Å². The Morgan fingerprint density at radius 1 is 0.967 bits per heavy atom. The number of hydrogen-bond acceptors (Lipinski definition) is 5. The lowest BCUT2D eigenvalue weighted by Gasteiger charge is -2.09. The molecule has 0 bridgehead atoms. The van der Waals surface area contributed by atoms with Gasteiger partial charge in [-0.05, 0) is 42.5 Å². The highest BCUT2D eigenvalue weighted by atomic mass is 35.5. The number of benzene rings is 3. The molecule has 0 radical (unpaired) electrons. The van der Waals surface area contributed by atoms with Gasteiger partial charge in [0.2, 0.25) is 5.89 Å². The van der Waals surface area contributed by atoms with E-state index in [0.29, 0.717) is 38.3 Å². The quantitative estimate of drug-likeness (QED) is 0.408. The van der Waals surface area contributed by atoms with E-state index in [-0.39, 0.29) is 5.56 Å². The van der Waals surface area contributed by atoms with Crippen LogP contribution < -0.4 is 5.32 Å². The number of nitrogens with zero attached hydrogens (tertiary/aromatic N) is 1. The van der Waals surface area contributed by atoms with E-state index in [1.165, 1.54) is 6.07 Å². The second-order valence-electron chi connectivity index (χ2n) is 6.29. The number of carbonyl (C=O) groups excluding carboxylic acids is 2. The molecule has 8 heteroatoms. The Morgan fingerprint density at radius 2 is 1.73 bits per heavy atom. The van der Waals surface area contributed by atoms with Gasteiger partial charge in [-0.2, -0.15) is 0 Å². The van der Waals surface area contributed by atoms with E-state index < -0.39 is 18.5 Å². The number of anilines is 1. The molecule has 0 unspecified atom stereocenters. The molecule has 3 aromatic carbocycles. The Bertz CT molecular complexity index is 1220. The zero-order valence-electron chi connectivity index (χ0n) is 15.4. The molecule has 0 spiro atoms. The monoisotopic (exact) mass is 440 g/mol. The number of nitrogens with one attached hydrogen (secondary N) is 1. The van der Waals surface area contributed by atoms with Crippen LogP contribution in [-0.2, 0) is 9.53 Å². The van der Waals surface area contributed by atoms with Crippen LogP contribution in [0.4, 0.5) is 5.69 Å². The third-order valence-corrected chi connectivity index (χ3v) is 4.95. The summed E-state index contributed by atoms with van der Waals surface area (Å²) in [7, 11) is 0. The maximum atomic E-state index is 12.6. The number of para-hydroxylation sites is 2. The number of amides is 1. The molecule has 0 aliphatic rings. The number of carbonyl (C=O) groups is 2. The van der Waals surface area contributed by atoms with Crippen LogP contribution in [-0.4, -0.2) is 23.5 Å². The summed E-state index contributed by atoms with van der Waals surface area (Å²) >= 11 is 11.8. The fourth-order valence-corrected chi connectivity index (χ4v) is 3.11. The summed E-state index contributed by atoms with van der Waals surface area (Å²) in [6.07, 6.45) is 0. The Hall–Kier alpha value is -3.35. The van der Waals surface area contributed by atoms with Gasteiger partial charge in [-0.15, -0.1) is 0 Å². The van der Waals surface area contributed by atoms with Crippen LogP contribution in [0.25, 0.3) is 22.6 Å². The first kappa shape index (κ1) is 19.9. The molecule has 0 aliphatic heterocycles. The van der Waals surface area contributed by atoms with Crippen LogP contribution in [0.1, 0.15) is 10.4 Å². The van der Waals surface area contributed by atoms with Gasteiger partial charge in [0, 0.05) is 5.69 Å². The zero-order valence-corrected chi connectivity index (χ0v) is 16.9. The topological polar surface area (TPSA) is 81.4 Å². The lowest BCUT2D eigenvalue weighted by Crippen LogP contribution is -2.21. The molecular formula is C22H14Cl2N2O4. The summed E-state index contributed by atoms with van der Waals surface area (Å²) in [5, 5.41) is 3.27. The molecule has 1 heterocycles. The van der Waals surface area contributed by atoms with Crippen molar-refractivity contribution in [3.05, 3.63) is 82.3 Å². The number of aromatic nitrogens is 1. The summed E-state index contributed by atoms with van der Waals surface area (Å²) in [5.74, 6) is -0.887.